The number of aryl methyl sites for hydroxylation is 2. The molecule has 6 nitrogen and oxygen atoms in total. The molecule has 1 N–H and O–H groups in total. The number of furan rings is 1. The van der Waals surface area contributed by atoms with Crippen LogP contribution in [0.4, 0.5) is 11.4 Å². The fourth-order valence-corrected chi connectivity index (χ4v) is 2.53. The Labute approximate surface area is 144 Å². The number of nitro groups is 1. The molecular formula is C19H16N2O4. The lowest BCUT2D eigenvalue weighted by Gasteiger charge is -2.07. The average Bonchev–Trinajstić information content (AvgIpc) is 3.07. The van der Waals surface area contributed by atoms with Crippen molar-refractivity contribution in [3.63, 3.8) is 0 Å². The Morgan fingerprint density at radius 1 is 1.08 bits per heavy atom. The van der Waals surface area contributed by atoms with E-state index in [9.17, 15) is 14.9 Å². The topological polar surface area (TPSA) is 85.4 Å². The molecule has 1 aromatic heterocycles. The fraction of sp³-hybridized carbons (Fsp3) is 0.105. The number of non-ortho nitro benzene ring substituents is 1. The van der Waals surface area contributed by atoms with Crippen molar-refractivity contribution in [3.05, 3.63) is 81.6 Å². The van der Waals surface area contributed by atoms with E-state index in [1.807, 2.05) is 32.0 Å². The molecule has 25 heavy (non-hydrogen) atoms. The number of hydrogen-bond acceptors (Lipinski definition) is 4. The minimum absolute atomic E-state index is 0.0322. The van der Waals surface area contributed by atoms with Gasteiger partial charge >= 0.3 is 0 Å². The molecule has 1 heterocycles. The maximum Gasteiger partial charge on any atom is 0.291 e. The van der Waals surface area contributed by atoms with Gasteiger partial charge in [-0.3, -0.25) is 14.9 Å². The molecule has 0 aliphatic carbocycles. The van der Waals surface area contributed by atoms with Gasteiger partial charge in [0.05, 0.1) is 4.92 Å². The van der Waals surface area contributed by atoms with Crippen LogP contribution < -0.4 is 5.32 Å². The lowest BCUT2D eigenvalue weighted by atomic mass is 10.1. The summed E-state index contributed by atoms with van der Waals surface area (Å²) in [5, 5.41) is 13.7. The van der Waals surface area contributed by atoms with Crippen molar-refractivity contribution in [1.29, 1.82) is 0 Å². The van der Waals surface area contributed by atoms with Crippen molar-refractivity contribution in [2.24, 2.45) is 0 Å². The zero-order valence-corrected chi connectivity index (χ0v) is 13.8. The van der Waals surface area contributed by atoms with Gasteiger partial charge in [-0.05, 0) is 37.6 Å². The zero-order chi connectivity index (χ0) is 18.0. The molecule has 0 fully saturated rings. The maximum atomic E-state index is 12.4. The van der Waals surface area contributed by atoms with E-state index in [0.29, 0.717) is 17.0 Å². The molecule has 0 aliphatic heterocycles. The average molecular weight is 336 g/mol. The molecule has 3 rings (SSSR count). The van der Waals surface area contributed by atoms with Gasteiger partial charge in [0.15, 0.2) is 5.76 Å². The Kier molecular flexibility index (Phi) is 4.35. The quantitative estimate of drug-likeness (QED) is 0.551. The first kappa shape index (κ1) is 16.4. The van der Waals surface area contributed by atoms with Crippen LogP contribution in [-0.2, 0) is 0 Å². The van der Waals surface area contributed by atoms with E-state index in [1.165, 1.54) is 12.1 Å². The fourth-order valence-electron chi connectivity index (χ4n) is 2.53. The van der Waals surface area contributed by atoms with E-state index in [1.54, 1.807) is 24.3 Å². The molecule has 0 saturated carbocycles. The number of carbonyl (C=O) groups excluding carboxylic acids is 1. The Balaban J connectivity index is 1.82. The minimum Gasteiger partial charge on any atom is -0.451 e. The van der Waals surface area contributed by atoms with Crippen molar-refractivity contribution >= 4 is 17.3 Å². The maximum absolute atomic E-state index is 12.4. The number of rotatable bonds is 4. The second-order valence-corrected chi connectivity index (χ2v) is 5.74. The first-order valence-electron chi connectivity index (χ1n) is 7.67. The Hall–Kier alpha value is -3.41. The summed E-state index contributed by atoms with van der Waals surface area (Å²) in [6.07, 6.45) is 0. The molecule has 0 bridgehead atoms. The normalized spacial score (nSPS) is 10.5. The van der Waals surface area contributed by atoms with E-state index in [0.717, 1.165) is 11.1 Å². The third-order valence-corrected chi connectivity index (χ3v) is 3.80. The van der Waals surface area contributed by atoms with Gasteiger partial charge < -0.3 is 9.73 Å². The highest BCUT2D eigenvalue weighted by atomic mass is 16.6. The van der Waals surface area contributed by atoms with Crippen LogP contribution >= 0.6 is 0 Å². The summed E-state index contributed by atoms with van der Waals surface area (Å²) < 4.78 is 5.57. The van der Waals surface area contributed by atoms with E-state index in [-0.39, 0.29) is 17.4 Å². The molecule has 0 unspecified atom stereocenters. The summed E-state index contributed by atoms with van der Waals surface area (Å²) in [7, 11) is 0. The third kappa shape index (κ3) is 3.58. The molecule has 0 spiro atoms. The zero-order valence-electron chi connectivity index (χ0n) is 13.8. The van der Waals surface area contributed by atoms with Crippen LogP contribution in [0.15, 0.2) is 59.0 Å². The molecular weight excluding hydrogens is 320 g/mol. The second kappa shape index (κ2) is 6.60. The molecule has 0 aliphatic rings. The summed E-state index contributed by atoms with van der Waals surface area (Å²) in [5.41, 5.74) is 3.29. The summed E-state index contributed by atoms with van der Waals surface area (Å²) in [5.74, 6) is 0.166. The highest BCUT2D eigenvalue weighted by Gasteiger charge is 2.15. The summed E-state index contributed by atoms with van der Waals surface area (Å²) in [6, 6.07) is 15.0. The molecule has 126 valence electrons. The molecule has 0 atom stereocenters. The van der Waals surface area contributed by atoms with Crippen LogP contribution in [0, 0.1) is 24.0 Å². The smallest absolute Gasteiger partial charge is 0.291 e. The molecule has 0 saturated heterocycles. The van der Waals surface area contributed by atoms with Crippen LogP contribution in [-0.4, -0.2) is 10.8 Å². The van der Waals surface area contributed by atoms with E-state index < -0.39 is 4.92 Å². The largest absolute Gasteiger partial charge is 0.451 e. The number of benzene rings is 2. The highest BCUT2D eigenvalue weighted by Crippen LogP contribution is 2.26. The van der Waals surface area contributed by atoms with Crippen molar-refractivity contribution in [3.8, 4) is 11.3 Å². The molecule has 0 radical (unpaired) electrons. The van der Waals surface area contributed by atoms with Gasteiger partial charge in [0.25, 0.3) is 11.6 Å². The van der Waals surface area contributed by atoms with Crippen molar-refractivity contribution in [1.82, 2.24) is 0 Å². The van der Waals surface area contributed by atoms with Gasteiger partial charge in [0.1, 0.15) is 5.76 Å². The summed E-state index contributed by atoms with van der Waals surface area (Å²) >= 11 is 0. The number of nitrogens with zero attached hydrogens (tertiary/aromatic N) is 1. The summed E-state index contributed by atoms with van der Waals surface area (Å²) in [6.45, 7) is 3.90. The number of amides is 1. The Morgan fingerprint density at radius 2 is 1.88 bits per heavy atom. The van der Waals surface area contributed by atoms with Gasteiger partial charge in [-0.15, -0.1) is 0 Å². The van der Waals surface area contributed by atoms with Gasteiger partial charge in [-0.1, -0.05) is 29.8 Å². The number of nitro benzene ring substituents is 1. The molecule has 6 heteroatoms. The lowest BCUT2D eigenvalue weighted by molar-refractivity contribution is -0.384. The molecule has 2 aromatic carbocycles. The second-order valence-electron chi connectivity index (χ2n) is 5.74. The summed E-state index contributed by atoms with van der Waals surface area (Å²) in [4.78, 5) is 22.8. The minimum atomic E-state index is -0.472. The SMILES string of the molecule is Cc1ccc(NC(=O)c2ccc(-c3cccc([N+](=O)[O-])c3)o2)c(C)c1. The van der Waals surface area contributed by atoms with Gasteiger partial charge in [0.2, 0.25) is 0 Å². The molecule has 1 amide bonds. The number of carbonyl (C=O) groups is 1. The molecule has 3 aromatic rings. The first-order chi connectivity index (χ1) is 11.9. The van der Waals surface area contributed by atoms with Crippen LogP contribution in [0.25, 0.3) is 11.3 Å². The van der Waals surface area contributed by atoms with E-state index >= 15 is 0 Å². The van der Waals surface area contributed by atoms with Crippen molar-refractivity contribution in [2.45, 2.75) is 13.8 Å². The number of anilines is 1. The third-order valence-electron chi connectivity index (χ3n) is 3.80. The van der Waals surface area contributed by atoms with Crippen molar-refractivity contribution in [2.75, 3.05) is 5.32 Å². The van der Waals surface area contributed by atoms with Crippen molar-refractivity contribution < 1.29 is 14.1 Å². The van der Waals surface area contributed by atoms with Crippen LogP contribution in [0.5, 0.6) is 0 Å². The van der Waals surface area contributed by atoms with Crippen LogP contribution in [0.3, 0.4) is 0 Å². The Morgan fingerprint density at radius 3 is 2.60 bits per heavy atom. The van der Waals surface area contributed by atoms with Gasteiger partial charge in [0, 0.05) is 23.4 Å². The van der Waals surface area contributed by atoms with Gasteiger partial charge in [-0.25, -0.2) is 0 Å². The predicted octanol–water partition coefficient (Wildman–Crippen LogP) is 4.72. The van der Waals surface area contributed by atoms with Crippen LogP contribution in [0.2, 0.25) is 0 Å². The predicted molar refractivity (Wildman–Crippen MR) is 94.7 cm³/mol. The van der Waals surface area contributed by atoms with E-state index in [4.69, 9.17) is 4.42 Å². The highest BCUT2D eigenvalue weighted by molar-refractivity contribution is 6.03. The first-order valence-corrected chi connectivity index (χ1v) is 7.67. The van der Waals surface area contributed by atoms with E-state index in [2.05, 4.69) is 5.32 Å². The van der Waals surface area contributed by atoms with Gasteiger partial charge in [-0.2, -0.15) is 0 Å². The lowest BCUT2D eigenvalue weighted by Crippen LogP contribution is -2.11. The standard InChI is InChI=1S/C19H16N2O4/c1-12-6-7-16(13(2)10-12)20-19(22)18-9-8-17(25-18)14-4-3-5-15(11-14)21(23)24/h3-11H,1-2H3,(H,20,22). The number of hydrogen-bond donors (Lipinski definition) is 1. The Bertz CT molecular complexity index is 960. The number of nitrogens with one attached hydrogen (secondary N) is 1. The monoisotopic (exact) mass is 336 g/mol. The van der Waals surface area contributed by atoms with Crippen LogP contribution in [0.1, 0.15) is 21.7 Å².